The summed E-state index contributed by atoms with van der Waals surface area (Å²) in [5, 5.41) is 5.15. The van der Waals surface area contributed by atoms with Gasteiger partial charge in [-0.05, 0) is 30.0 Å². The molecule has 0 amide bonds. The molecule has 5 nitrogen and oxygen atoms in total. The highest BCUT2D eigenvalue weighted by atomic mass is 35.5. The van der Waals surface area contributed by atoms with Gasteiger partial charge in [0, 0.05) is 11.9 Å². The summed E-state index contributed by atoms with van der Waals surface area (Å²) in [6.07, 6.45) is 0. The molecule has 1 heterocycles. The molecule has 6 heteroatoms. The maximum absolute atomic E-state index is 5.89. The van der Waals surface area contributed by atoms with Gasteiger partial charge in [0.2, 0.25) is 11.2 Å². The molecule has 0 unspecified atom stereocenters. The second kappa shape index (κ2) is 5.93. The first-order chi connectivity index (χ1) is 10.3. The molecule has 0 fully saturated rings. The summed E-state index contributed by atoms with van der Waals surface area (Å²) in [5.74, 6) is 1.07. The highest BCUT2D eigenvalue weighted by Crippen LogP contribution is 2.28. The van der Waals surface area contributed by atoms with Crippen molar-refractivity contribution in [3.8, 4) is 11.8 Å². The average Bonchev–Trinajstić information content (AvgIpc) is 2.47. The Labute approximate surface area is 127 Å². The molecule has 2 aromatic carbocycles. The van der Waals surface area contributed by atoms with Gasteiger partial charge in [-0.1, -0.05) is 36.4 Å². The van der Waals surface area contributed by atoms with E-state index in [1.807, 2.05) is 49.4 Å². The lowest BCUT2D eigenvalue weighted by molar-refractivity contribution is 0.445. The monoisotopic (exact) mass is 300 g/mol. The van der Waals surface area contributed by atoms with Gasteiger partial charge in [-0.15, -0.1) is 0 Å². The zero-order valence-electron chi connectivity index (χ0n) is 11.4. The first kappa shape index (κ1) is 13.6. The smallest absolute Gasteiger partial charge is 0.328 e. The Hall–Kier alpha value is -2.40. The number of hydrogen-bond donors (Lipinski definition) is 1. The van der Waals surface area contributed by atoms with Crippen LogP contribution in [0.2, 0.25) is 5.28 Å². The Morgan fingerprint density at radius 1 is 1.05 bits per heavy atom. The number of hydrogen-bond acceptors (Lipinski definition) is 5. The normalized spacial score (nSPS) is 10.6. The van der Waals surface area contributed by atoms with Crippen molar-refractivity contribution >= 4 is 28.3 Å². The van der Waals surface area contributed by atoms with Crippen LogP contribution in [0.1, 0.15) is 6.92 Å². The minimum atomic E-state index is 0.0937. The summed E-state index contributed by atoms with van der Waals surface area (Å²) < 4.78 is 5.77. The van der Waals surface area contributed by atoms with Gasteiger partial charge >= 0.3 is 6.01 Å². The molecule has 0 radical (unpaired) electrons. The standard InChI is InChI=1S/C15H13ClN4O/c1-2-17-14-18-13(16)19-15(20-14)21-12-9-5-7-10-6-3-4-8-11(10)12/h3-9H,2H2,1H3,(H,17,18,19,20). The number of nitrogens with one attached hydrogen (secondary N) is 1. The third kappa shape index (κ3) is 3.03. The van der Waals surface area contributed by atoms with E-state index in [1.165, 1.54) is 0 Å². The molecular formula is C15H13ClN4O. The Morgan fingerprint density at radius 3 is 2.71 bits per heavy atom. The Balaban J connectivity index is 1.98. The van der Waals surface area contributed by atoms with E-state index in [9.17, 15) is 0 Å². The molecule has 0 saturated carbocycles. The lowest BCUT2D eigenvalue weighted by Gasteiger charge is -2.08. The topological polar surface area (TPSA) is 59.9 Å². The Morgan fingerprint density at radius 2 is 1.86 bits per heavy atom. The molecule has 0 aliphatic rings. The number of halogens is 1. The molecule has 1 N–H and O–H groups in total. The SMILES string of the molecule is CCNc1nc(Cl)nc(Oc2cccc3ccccc23)n1. The van der Waals surface area contributed by atoms with E-state index in [0.29, 0.717) is 18.2 Å². The minimum Gasteiger partial charge on any atom is -0.423 e. The van der Waals surface area contributed by atoms with Gasteiger partial charge in [0.25, 0.3) is 0 Å². The summed E-state index contributed by atoms with van der Waals surface area (Å²) in [6.45, 7) is 2.64. The Kier molecular flexibility index (Phi) is 3.83. The molecule has 0 atom stereocenters. The maximum Gasteiger partial charge on any atom is 0.328 e. The van der Waals surface area contributed by atoms with Crippen molar-refractivity contribution in [2.24, 2.45) is 0 Å². The summed E-state index contributed by atoms with van der Waals surface area (Å²) in [7, 11) is 0. The van der Waals surface area contributed by atoms with E-state index in [-0.39, 0.29) is 11.3 Å². The van der Waals surface area contributed by atoms with Crippen LogP contribution in [0.5, 0.6) is 11.8 Å². The van der Waals surface area contributed by atoms with Crippen LogP contribution in [0.15, 0.2) is 42.5 Å². The second-order valence-corrected chi connectivity index (χ2v) is 4.66. The summed E-state index contributed by atoms with van der Waals surface area (Å²) in [6, 6.07) is 13.9. The zero-order valence-corrected chi connectivity index (χ0v) is 12.1. The molecule has 0 bridgehead atoms. The van der Waals surface area contributed by atoms with Crippen LogP contribution in [0.3, 0.4) is 0 Å². The molecule has 106 valence electrons. The third-order valence-electron chi connectivity index (χ3n) is 2.87. The van der Waals surface area contributed by atoms with Crippen molar-refractivity contribution in [2.75, 3.05) is 11.9 Å². The summed E-state index contributed by atoms with van der Waals surface area (Å²) in [5.41, 5.74) is 0. The number of fused-ring (bicyclic) bond motifs is 1. The van der Waals surface area contributed by atoms with Crippen LogP contribution in [0.4, 0.5) is 5.95 Å². The molecule has 3 aromatic rings. The number of aromatic nitrogens is 3. The van der Waals surface area contributed by atoms with E-state index in [0.717, 1.165) is 10.8 Å². The predicted octanol–water partition coefficient (Wildman–Crippen LogP) is 3.90. The van der Waals surface area contributed by atoms with Gasteiger partial charge < -0.3 is 10.1 Å². The fraction of sp³-hybridized carbons (Fsp3) is 0.133. The van der Waals surface area contributed by atoms with E-state index < -0.39 is 0 Å². The number of anilines is 1. The van der Waals surface area contributed by atoms with Crippen molar-refractivity contribution < 1.29 is 4.74 Å². The van der Waals surface area contributed by atoms with E-state index in [1.54, 1.807) is 0 Å². The molecule has 0 aliphatic heterocycles. The van der Waals surface area contributed by atoms with Gasteiger partial charge in [-0.3, -0.25) is 0 Å². The molecule has 0 spiro atoms. The van der Waals surface area contributed by atoms with Crippen molar-refractivity contribution in [2.45, 2.75) is 6.92 Å². The zero-order chi connectivity index (χ0) is 14.7. The van der Waals surface area contributed by atoms with Gasteiger partial charge in [0.15, 0.2) is 0 Å². The molecular weight excluding hydrogens is 288 g/mol. The molecule has 21 heavy (non-hydrogen) atoms. The number of ether oxygens (including phenoxy) is 1. The third-order valence-corrected chi connectivity index (χ3v) is 3.04. The van der Waals surface area contributed by atoms with Crippen LogP contribution < -0.4 is 10.1 Å². The van der Waals surface area contributed by atoms with Crippen LogP contribution in [0, 0.1) is 0 Å². The van der Waals surface area contributed by atoms with E-state index in [4.69, 9.17) is 16.3 Å². The average molecular weight is 301 g/mol. The van der Waals surface area contributed by atoms with Gasteiger partial charge in [0.05, 0.1) is 0 Å². The van der Waals surface area contributed by atoms with Crippen LogP contribution in [-0.4, -0.2) is 21.5 Å². The lowest BCUT2D eigenvalue weighted by Crippen LogP contribution is -2.04. The molecule has 3 rings (SSSR count). The number of nitrogens with zero attached hydrogens (tertiary/aromatic N) is 3. The highest BCUT2D eigenvalue weighted by Gasteiger charge is 2.08. The van der Waals surface area contributed by atoms with Crippen molar-refractivity contribution in [1.82, 2.24) is 15.0 Å². The first-order valence-electron chi connectivity index (χ1n) is 6.57. The summed E-state index contributed by atoms with van der Waals surface area (Å²) >= 11 is 5.89. The van der Waals surface area contributed by atoms with Crippen LogP contribution in [0.25, 0.3) is 10.8 Å². The number of rotatable bonds is 4. The van der Waals surface area contributed by atoms with Gasteiger partial charge in [-0.2, -0.15) is 15.0 Å². The fourth-order valence-corrected chi connectivity index (χ4v) is 2.15. The quantitative estimate of drug-likeness (QED) is 0.792. The molecule has 0 saturated heterocycles. The van der Waals surface area contributed by atoms with Crippen molar-refractivity contribution in [1.29, 1.82) is 0 Å². The van der Waals surface area contributed by atoms with Gasteiger partial charge in [-0.25, -0.2) is 0 Å². The molecule has 1 aromatic heterocycles. The van der Waals surface area contributed by atoms with Crippen LogP contribution >= 0.6 is 11.6 Å². The first-order valence-corrected chi connectivity index (χ1v) is 6.95. The predicted molar refractivity (Wildman–Crippen MR) is 83.0 cm³/mol. The molecule has 0 aliphatic carbocycles. The van der Waals surface area contributed by atoms with E-state index >= 15 is 0 Å². The van der Waals surface area contributed by atoms with Gasteiger partial charge in [0.1, 0.15) is 5.75 Å². The minimum absolute atomic E-state index is 0.0937. The fourth-order valence-electron chi connectivity index (χ4n) is 2.00. The van der Waals surface area contributed by atoms with Crippen LogP contribution in [-0.2, 0) is 0 Å². The second-order valence-electron chi connectivity index (χ2n) is 4.32. The van der Waals surface area contributed by atoms with Crippen molar-refractivity contribution in [3.05, 3.63) is 47.7 Å². The Bertz CT molecular complexity index is 773. The summed E-state index contributed by atoms with van der Waals surface area (Å²) in [4.78, 5) is 12.2. The van der Waals surface area contributed by atoms with E-state index in [2.05, 4.69) is 20.3 Å². The maximum atomic E-state index is 5.89. The largest absolute Gasteiger partial charge is 0.423 e. The lowest BCUT2D eigenvalue weighted by atomic mass is 10.1. The van der Waals surface area contributed by atoms with Crippen molar-refractivity contribution in [3.63, 3.8) is 0 Å². The highest BCUT2D eigenvalue weighted by molar-refractivity contribution is 6.28. The number of benzene rings is 2.